The second kappa shape index (κ2) is 7.06. The average molecular weight is 364 g/mol. The molecule has 0 saturated carbocycles. The van der Waals surface area contributed by atoms with Gasteiger partial charge >= 0.3 is 5.69 Å². The van der Waals surface area contributed by atoms with E-state index < -0.39 is 0 Å². The number of nitrogens with one attached hydrogen (secondary N) is 1. The van der Waals surface area contributed by atoms with E-state index >= 15 is 0 Å². The van der Waals surface area contributed by atoms with E-state index in [1.54, 1.807) is 16.9 Å². The molecule has 8 heteroatoms. The second-order valence-corrected chi connectivity index (χ2v) is 6.36. The van der Waals surface area contributed by atoms with E-state index in [-0.39, 0.29) is 18.1 Å². The van der Waals surface area contributed by atoms with Gasteiger partial charge < -0.3 is 5.32 Å². The van der Waals surface area contributed by atoms with Crippen LogP contribution >= 0.6 is 0 Å². The number of hydrogen-bond acceptors (Lipinski definition) is 4. The molecule has 0 aliphatic rings. The average Bonchev–Trinajstić information content (AvgIpc) is 3.25. The molecule has 3 heterocycles. The molecule has 0 fully saturated rings. The lowest BCUT2D eigenvalue weighted by Gasteiger charge is -2.02. The third-order valence-corrected chi connectivity index (χ3v) is 4.41. The summed E-state index contributed by atoms with van der Waals surface area (Å²) in [6.45, 7) is 2.56. The van der Waals surface area contributed by atoms with Gasteiger partial charge in [-0.2, -0.15) is 5.10 Å². The molecular formula is C19H20N6O2. The molecule has 1 amide bonds. The Bertz CT molecular complexity index is 1160. The standard InChI is InChI=1S/C19H20N6O2/c1-2-3-9-20-17(26)13-25-19(27)23-10-11-24-16(18(23)22-25)12-15(21-24)14-7-5-4-6-8-14/h4-8,10-12H,2-3,9,13H2,1H3,(H,20,26). The fourth-order valence-electron chi connectivity index (χ4n) is 2.98. The maximum atomic E-state index is 12.6. The Balaban J connectivity index is 1.71. The Labute approximate surface area is 155 Å². The number of nitrogens with zero attached hydrogens (tertiary/aromatic N) is 5. The molecule has 4 rings (SSSR count). The van der Waals surface area contributed by atoms with E-state index in [0.29, 0.717) is 17.7 Å². The second-order valence-electron chi connectivity index (χ2n) is 6.36. The molecule has 1 aromatic carbocycles. The highest BCUT2D eigenvalue weighted by atomic mass is 16.2. The number of rotatable bonds is 6. The number of benzene rings is 1. The Morgan fingerprint density at radius 3 is 2.74 bits per heavy atom. The van der Waals surface area contributed by atoms with Crippen LogP contribution < -0.4 is 11.0 Å². The molecular weight excluding hydrogens is 344 g/mol. The minimum Gasteiger partial charge on any atom is -0.354 e. The normalized spacial score (nSPS) is 11.3. The van der Waals surface area contributed by atoms with Crippen molar-refractivity contribution in [3.63, 3.8) is 0 Å². The summed E-state index contributed by atoms with van der Waals surface area (Å²) in [4.78, 5) is 24.6. The van der Waals surface area contributed by atoms with Crippen molar-refractivity contribution in [2.24, 2.45) is 0 Å². The molecule has 0 aliphatic carbocycles. The van der Waals surface area contributed by atoms with Crippen LogP contribution in [0.5, 0.6) is 0 Å². The highest BCUT2D eigenvalue weighted by molar-refractivity contribution is 5.77. The number of unbranched alkanes of at least 4 members (excludes halogenated alkanes) is 1. The summed E-state index contributed by atoms with van der Waals surface area (Å²) in [5, 5.41) is 11.7. The fourth-order valence-corrected chi connectivity index (χ4v) is 2.98. The SMILES string of the molecule is CCCCNC(=O)Cn1nc2c3cc(-c4ccccc4)nn3ccn2c1=O. The summed E-state index contributed by atoms with van der Waals surface area (Å²) in [5.74, 6) is -0.219. The lowest BCUT2D eigenvalue weighted by Crippen LogP contribution is -2.33. The van der Waals surface area contributed by atoms with Gasteiger partial charge in [0.2, 0.25) is 5.91 Å². The molecule has 3 aromatic heterocycles. The summed E-state index contributed by atoms with van der Waals surface area (Å²) in [6.07, 6.45) is 5.23. The Kier molecular flexibility index (Phi) is 4.45. The van der Waals surface area contributed by atoms with E-state index in [0.717, 1.165) is 24.1 Å². The summed E-state index contributed by atoms with van der Waals surface area (Å²) in [7, 11) is 0. The van der Waals surface area contributed by atoms with Gasteiger partial charge in [-0.1, -0.05) is 43.7 Å². The largest absolute Gasteiger partial charge is 0.354 e. The van der Waals surface area contributed by atoms with Gasteiger partial charge in [0, 0.05) is 24.5 Å². The predicted octanol–water partition coefficient (Wildman–Crippen LogP) is 1.73. The van der Waals surface area contributed by atoms with Crippen LogP contribution in [-0.2, 0) is 11.3 Å². The third-order valence-electron chi connectivity index (χ3n) is 4.41. The Morgan fingerprint density at radius 1 is 1.15 bits per heavy atom. The van der Waals surface area contributed by atoms with Crippen LogP contribution in [0.1, 0.15) is 19.8 Å². The molecule has 0 spiro atoms. The molecule has 27 heavy (non-hydrogen) atoms. The summed E-state index contributed by atoms with van der Waals surface area (Å²) >= 11 is 0. The number of fused-ring (bicyclic) bond motifs is 3. The first-order chi connectivity index (χ1) is 13.2. The van der Waals surface area contributed by atoms with Gasteiger partial charge in [0.1, 0.15) is 12.1 Å². The first-order valence-corrected chi connectivity index (χ1v) is 8.97. The smallest absolute Gasteiger partial charge is 0.350 e. The van der Waals surface area contributed by atoms with Crippen molar-refractivity contribution in [3.8, 4) is 11.3 Å². The summed E-state index contributed by atoms with van der Waals surface area (Å²) < 4.78 is 4.31. The van der Waals surface area contributed by atoms with Gasteiger partial charge in [-0.15, -0.1) is 5.10 Å². The van der Waals surface area contributed by atoms with Gasteiger partial charge in [-0.25, -0.2) is 18.4 Å². The number of hydrogen-bond donors (Lipinski definition) is 1. The van der Waals surface area contributed by atoms with Crippen molar-refractivity contribution < 1.29 is 4.79 Å². The molecule has 4 aromatic rings. The van der Waals surface area contributed by atoms with Crippen LogP contribution in [0.25, 0.3) is 22.4 Å². The minimum atomic E-state index is -0.347. The number of carbonyl (C=O) groups is 1. The van der Waals surface area contributed by atoms with Crippen molar-refractivity contribution >= 4 is 17.1 Å². The van der Waals surface area contributed by atoms with Gasteiger partial charge in [-0.05, 0) is 12.5 Å². The first kappa shape index (κ1) is 17.0. The van der Waals surface area contributed by atoms with Gasteiger partial charge in [-0.3, -0.25) is 4.79 Å². The van der Waals surface area contributed by atoms with Crippen LogP contribution in [0.4, 0.5) is 0 Å². The molecule has 0 unspecified atom stereocenters. The zero-order chi connectivity index (χ0) is 18.8. The fraction of sp³-hybridized carbons (Fsp3) is 0.263. The van der Waals surface area contributed by atoms with Crippen molar-refractivity contribution in [2.75, 3.05) is 6.54 Å². The lowest BCUT2D eigenvalue weighted by molar-refractivity contribution is -0.121. The molecule has 0 saturated heterocycles. The Morgan fingerprint density at radius 2 is 1.96 bits per heavy atom. The van der Waals surface area contributed by atoms with E-state index in [9.17, 15) is 9.59 Å². The summed E-state index contributed by atoms with van der Waals surface area (Å²) in [6, 6.07) is 11.7. The lowest BCUT2D eigenvalue weighted by atomic mass is 10.1. The maximum absolute atomic E-state index is 12.6. The van der Waals surface area contributed by atoms with Crippen LogP contribution in [0.3, 0.4) is 0 Å². The van der Waals surface area contributed by atoms with Crippen molar-refractivity contribution in [1.29, 1.82) is 0 Å². The highest BCUT2D eigenvalue weighted by Gasteiger charge is 2.15. The monoisotopic (exact) mass is 364 g/mol. The van der Waals surface area contributed by atoms with Crippen molar-refractivity contribution in [2.45, 2.75) is 26.3 Å². The molecule has 1 N–H and O–H groups in total. The zero-order valence-corrected chi connectivity index (χ0v) is 15.0. The third kappa shape index (κ3) is 3.21. The molecule has 0 bridgehead atoms. The minimum absolute atomic E-state index is 0.101. The van der Waals surface area contributed by atoms with E-state index in [2.05, 4.69) is 22.4 Å². The topological polar surface area (TPSA) is 85.7 Å². The molecule has 8 nitrogen and oxygen atoms in total. The Hall–Kier alpha value is -3.42. The molecule has 0 radical (unpaired) electrons. The number of amides is 1. The van der Waals surface area contributed by atoms with Crippen LogP contribution in [0.2, 0.25) is 0 Å². The van der Waals surface area contributed by atoms with Crippen LogP contribution in [0, 0.1) is 0 Å². The quantitative estimate of drug-likeness (QED) is 0.528. The highest BCUT2D eigenvalue weighted by Crippen LogP contribution is 2.20. The van der Waals surface area contributed by atoms with Crippen molar-refractivity contribution in [1.82, 2.24) is 29.1 Å². The van der Waals surface area contributed by atoms with Gasteiger partial charge in [0.25, 0.3) is 0 Å². The van der Waals surface area contributed by atoms with E-state index in [1.165, 1.54) is 9.08 Å². The maximum Gasteiger partial charge on any atom is 0.350 e. The zero-order valence-electron chi connectivity index (χ0n) is 15.0. The van der Waals surface area contributed by atoms with Crippen molar-refractivity contribution in [3.05, 3.63) is 59.3 Å². The van der Waals surface area contributed by atoms with Gasteiger partial charge in [0.05, 0.1) is 5.69 Å². The molecule has 0 atom stereocenters. The predicted molar refractivity (Wildman–Crippen MR) is 102 cm³/mol. The van der Waals surface area contributed by atoms with Gasteiger partial charge in [0.15, 0.2) is 5.65 Å². The van der Waals surface area contributed by atoms with Crippen LogP contribution in [-0.4, -0.2) is 36.2 Å². The number of carbonyl (C=O) groups excluding carboxylic acids is 1. The first-order valence-electron chi connectivity index (χ1n) is 8.97. The molecule has 0 aliphatic heterocycles. The number of aromatic nitrogens is 5. The van der Waals surface area contributed by atoms with E-state index in [4.69, 9.17) is 0 Å². The molecule has 138 valence electrons. The van der Waals surface area contributed by atoms with Crippen LogP contribution in [0.15, 0.2) is 53.6 Å². The summed E-state index contributed by atoms with van der Waals surface area (Å²) in [5.41, 5.74) is 2.61. The van der Waals surface area contributed by atoms with E-state index in [1.807, 2.05) is 36.4 Å².